The molecule has 1 saturated carbocycles. The molecule has 344 valence electrons. The minimum absolute atomic E-state index is 0.0224. The van der Waals surface area contributed by atoms with Gasteiger partial charge in [0.2, 0.25) is 23.8 Å². The molecule has 0 amide bonds. The van der Waals surface area contributed by atoms with Crippen molar-refractivity contribution in [2.45, 2.75) is 112 Å². The van der Waals surface area contributed by atoms with Crippen LogP contribution in [0.4, 0.5) is 0 Å². The van der Waals surface area contributed by atoms with Crippen molar-refractivity contribution in [3.05, 3.63) is 70.4 Å². The van der Waals surface area contributed by atoms with Gasteiger partial charge in [-0.1, -0.05) is 13.0 Å². The Morgan fingerprint density at radius 2 is 1.51 bits per heavy atom. The van der Waals surface area contributed by atoms with Crippen molar-refractivity contribution in [1.82, 2.24) is 0 Å². The topological polar surface area (TPSA) is 314 Å². The van der Waals surface area contributed by atoms with Crippen LogP contribution in [0.25, 0.3) is 22.3 Å². The minimum Gasteiger partial charge on any atom is -0.507 e. The number of carbonyl (C=O) groups is 1. The Balaban J connectivity index is 1.11. The minimum atomic E-state index is -1.91. The second-order valence-corrected chi connectivity index (χ2v) is 16.8. The van der Waals surface area contributed by atoms with E-state index in [1.54, 1.807) is 13.8 Å². The van der Waals surface area contributed by atoms with Crippen molar-refractivity contribution in [3.8, 4) is 34.3 Å². The number of fused-ring (bicyclic) bond motifs is 3. The van der Waals surface area contributed by atoms with Crippen LogP contribution in [0, 0.1) is 5.41 Å². The van der Waals surface area contributed by atoms with Gasteiger partial charge >= 0.3 is 5.97 Å². The summed E-state index contributed by atoms with van der Waals surface area (Å²) in [4.78, 5) is 27.1. The Bertz CT molecular complexity index is 2250. The zero-order valence-corrected chi connectivity index (χ0v) is 34.6. The normalized spacial score (nSPS) is 37.0. The zero-order chi connectivity index (χ0) is 45.8. The van der Waals surface area contributed by atoms with Gasteiger partial charge in [0.25, 0.3) is 0 Å². The van der Waals surface area contributed by atoms with Gasteiger partial charge in [-0.3, -0.25) is 4.79 Å². The number of rotatable bonds is 12. The molecule has 3 aliphatic heterocycles. The molecule has 2 aromatic carbocycles. The van der Waals surface area contributed by atoms with E-state index < -0.39 is 120 Å². The summed E-state index contributed by atoms with van der Waals surface area (Å²) in [6, 6.07) is 7.96. The van der Waals surface area contributed by atoms with Crippen LogP contribution in [0.2, 0.25) is 0 Å². The number of aliphatic hydroxyl groups is 9. The number of benzene rings is 2. The molecular weight excluding hydrogens is 836 g/mol. The van der Waals surface area contributed by atoms with E-state index in [4.69, 9.17) is 37.6 Å². The van der Waals surface area contributed by atoms with E-state index >= 15 is 0 Å². The molecule has 4 heterocycles. The molecule has 3 saturated heterocycles. The molecule has 2 bridgehead atoms. The van der Waals surface area contributed by atoms with Gasteiger partial charge in [-0.05, 0) is 56.2 Å². The average Bonchev–Trinajstić information content (AvgIpc) is 3.33. The lowest BCUT2D eigenvalue weighted by Gasteiger charge is -2.49. The lowest BCUT2D eigenvalue weighted by molar-refractivity contribution is -0.280. The lowest BCUT2D eigenvalue weighted by Crippen LogP contribution is -2.61. The number of phenols is 1. The van der Waals surface area contributed by atoms with Crippen molar-refractivity contribution in [2.24, 2.45) is 5.41 Å². The molecule has 1 aromatic heterocycles. The molecule has 20 nitrogen and oxygen atoms in total. The standard InChI is InChI=1S/C43H52O20/c1-19(9-10-43(55)41(2)14-21(46)15-42(43,3)57-18-41)11-28(48)62-37-31(50)27(17-45)61-40(35(37)54)58-22-7-5-20(6-8-22)36-38(63-39-34(53)33(52)30(49)26(16-44)60-39)32(51)29-24(47)12-23(56-4)13-25(29)59-36/h5-13,21,26-27,30-31,33-35,37,39-40,44-47,49-50,52-55H,14-18H2,1-4H3/b10-9+,19-11-/t21-,26-,27-,30+,31+,33-,34+,35-,37-,39-,40+,41+,42+,43-/m0/s1. The maximum atomic E-state index is 13.9. The summed E-state index contributed by atoms with van der Waals surface area (Å²) in [5, 5.41) is 106. The third kappa shape index (κ3) is 8.42. The Labute approximate surface area is 359 Å². The number of methoxy groups -OCH3 is 1. The molecule has 0 radical (unpaired) electrons. The maximum Gasteiger partial charge on any atom is 0.331 e. The van der Waals surface area contributed by atoms with Crippen molar-refractivity contribution in [2.75, 3.05) is 26.9 Å². The van der Waals surface area contributed by atoms with E-state index in [1.807, 2.05) is 6.92 Å². The van der Waals surface area contributed by atoms with Crippen molar-refractivity contribution in [3.63, 3.8) is 0 Å². The maximum absolute atomic E-state index is 13.9. The van der Waals surface area contributed by atoms with Gasteiger partial charge in [0, 0.05) is 35.6 Å². The lowest BCUT2D eigenvalue weighted by atomic mass is 9.59. The summed E-state index contributed by atoms with van der Waals surface area (Å²) in [5.41, 5.74) is -3.93. The van der Waals surface area contributed by atoms with Crippen LogP contribution >= 0.6 is 0 Å². The van der Waals surface area contributed by atoms with Crippen LogP contribution in [0.1, 0.15) is 33.6 Å². The molecule has 1 aliphatic carbocycles. The number of carbonyl (C=O) groups excluding carboxylic acids is 1. The number of aromatic hydroxyl groups is 1. The predicted octanol–water partition coefficient (Wildman–Crippen LogP) is -0.734. The fraction of sp³-hybridized carbons (Fsp3) is 0.535. The number of ether oxygens (including phenoxy) is 7. The van der Waals surface area contributed by atoms with E-state index in [0.29, 0.717) is 12.0 Å². The molecule has 0 spiro atoms. The van der Waals surface area contributed by atoms with Crippen molar-refractivity contribution >= 4 is 16.9 Å². The van der Waals surface area contributed by atoms with Gasteiger partial charge in [-0.2, -0.15) is 0 Å². The van der Waals surface area contributed by atoms with E-state index in [-0.39, 0.29) is 46.8 Å². The van der Waals surface area contributed by atoms with E-state index in [0.717, 1.165) is 12.1 Å². The number of hydrogen-bond donors (Lipinski definition) is 10. The Morgan fingerprint density at radius 3 is 2.14 bits per heavy atom. The summed E-state index contributed by atoms with van der Waals surface area (Å²) in [6.07, 6.45) is -12.9. The quantitative estimate of drug-likeness (QED) is 0.0609. The first-order valence-electron chi connectivity index (χ1n) is 20.1. The smallest absolute Gasteiger partial charge is 0.331 e. The fourth-order valence-electron chi connectivity index (χ4n) is 8.74. The number of allylic oxidation sites excluding steroid dienone is 2. The molecular formula is C43H52O20. The SMILES string of the molecule is COc1cc(O)c2c(=O)c(O[C@@H]3O[C@@H](CO)[C@@H](O)[C@H](O)[C@H]3O)c(-c3ccc(O[C@@H]4O[C@@H](CO)[C@@H](O)[C@H](OC(=O)/C=C(C)\C=C\[C@]5(O)[C@@]6(C)CO[C@]5(C)C[C@@H](O)C6)[C@@H]4O)cc3)oc2c1. The van der Waals surface area contributed by atoms with Gasteiger partial charge in [0.1, 0.15) is 76.0 Å². The van der Waals surface area contributed by atoms with Gasteiger partial charge < -0.3 is 88.6 Å². The molecule has 10 N–H and O–H groups in total. The molecule has 63 heavy (non-hydrogen) atoms. The summed E-state index contributed by atoms with van der Waals surface area (Å²) >= 11 is 0. The molecule has 20 heteroatoms. The third-order valence-corrected chi connectivity index (χ3v) is 12.3. The highest BCUT2D eigenvalue weighted by Crippen LogP contribution is 2.57. The summed E-state index contributed by atoms with van der Waals surface area (Å²) in [7, 11) is 1.33. The van der Waals surface area contributed by atoms with Gasteiger partial charge in [0.05, 0.1) is 33.0 Å². The van der Waals surface area contributed by atoms with Gasteiger partial charge in [-0.15, -0.1) is 0 Å². The number of aliphatic hydroxyl groups excluding tert-OH is 8. The van der Waals surface area contributed by atoms with Gasteiger partial charge in [0.15, 0.2) is 18.0 Å². The number of esters is 1. The van der Waals surface area contributed by atoms with Crippen LogP contribution in [-0.4, -0.2) is 163 Å². The van der Waals surface area contributed by atoms with Crippen molar-refractivity contribution in [1.29, 1.82) is 0 Å². The van der Waals surface area contributed by atoms with Crippen LogP contribution < -0.4 is 19.6 Å². The first-order valence-corrected chi connectivity index (χ1v) is 20.1. The summed E-state index contributed by atoms with van der Waals surface area (Å²) in [5.74, 6) is -2.25. The second-order valence-electron chi connectivity index (χ2n) is 16.8. The van der Waals surface area contributed by atoms with Crippen LogP contribution in [-0.2, 0) is 23.7 Å². The zero-order valence-electron chi connectivity index (χ0n) is 34.6. The highest BCUT2D eigenvalue weighted by atomic mass is 16.7. The molecule has 14 atom stereocenters. The predicted molar refractivity (Wildman–Crippen MR) is 214 cm³/mol. The first kappa shape index (κ1) is 46.3. The Morgan fingerprint density at radius 1 is 0.857 bits per heavy atom. The Hall–Kier alpha value is -4.68. The van der Waals surface area contributed by atoms with Crippen LogP contribution in [0.3, 0.4) is 0 Å². The van der Waals surface area contributed by atoms with Crippen LogP contribution in [0.15, 0.2) is 69.4 Å². The van der Waals surface area contributed by atoms with Crippen molar-refractivity contribution < 1.29 is 93.4 Å². The highest BCUT2D eigenvalue weighted by molar-refractivity contribution is 5.88. The summed E-state index contributed by atoms with van der Waals surface area (Å²) < 4.78 is 45.4. The van der Waals surface area contributed by atoms with E-state index in [9.17, 15) is 60.7 Å². The molecule has 4 aliphatic rings. The highest BCUT2D eigenvalue weighted by Gasteiger charge is 2.67. The van der Waals surface area contributed by atoms with E-state index in [1.165, 1.54) is 49.6 Å². The number of phenolic OH excluding ortho intramolecular Hbond substituents is 1. The van der Waals surface area contributed by atoms with Crippen LogP contribution in [0.5, 0.6) is 23.0 Å². The molecule has 0 unspecified atom stereocenters. The molecule has 7 rings (SSSR count). The first-order chi connectivity index (χ1) is 29.8. The van der Waals surface area contributed by atoms with E-state index in [2.05, 4.69) is 0 Å². The molecule has 3 aromatic rings. The monoisotopic (exact) mass is 888 g/mol. The average molecular weight is 889 g/mol. The second kappa shape index (κ2) is 17.7. The van der Waals surface area contributed by atoms with Gasteiger partial charge in [-0.25, -0.2) is 4.79 Å². The molecule has 4 fully saturated rings. The Kier molecular flexibility index (Phi) is 13.0. The number of hydrogen-bond acceptors (Lipinski definition) is 20. The third-order valence-electron chi connectivity index (χ3n) is 12.3. The largest absolute Gasteiger partial charge is 0.507 e. The summed E-state index contributed by atoms with van der Waals surface area (Å²) in [6.45, 7) is 3.78. The fourth-order valence-corrected chi connectivity index (χ4v) is 8.74.